The van der Waals surface area contributed by atoms with Gasteiger partial charge in [0.2, 0.25) is 0 Å². The molecule has 0 fully saturated rings. The van der Waals surface area contributed by atoms with Gasteiger partial charge in [0.1, 0.15) is 0 Å². The lowest BCUT2D eigenvalue weighted by Crippen LogP contribution is -2.20. The molecular formula is C20H18O2. The Bertz CT molecular complexity index is 754. The smallest absolute Gasteiger partial charge is 0.190 e. The third kappa shape index (κ3) is 2.64. The molecule has 0 aromatic heterocycles. The Morgan fingerprint density at radius 1 is 0.727 bits per heavy atom. The lowest BCUT2D eigenvalue weighted by Gasteiger charge is -2.18. The van der Waals surface area contributed by atoms with Crippen molar-refractivity contribution in [3.05, 3.63) is 82.4 Å². The van der Waals surface area contributed by atoms with E-state index in [0.29, 0.717) is 28.7 Å². The van der Waals surface area contributed by atoms with Gasteiger partial charge in [-0.3, -0.25) is 9.59 Å². The summed E-state index contributed by atoms with van der Waals surface area (Å²) in [5, 5.41) is 0. The average Bonchev–Trinajstić information content (AvgIpc) is 2.57. The van der Waals surface area contributed by atoms with Crippen molar-refractivity contribution in [2.75, 3.05) is 0 Å². The molecule has 2 nitrogen and oxygen atoms in total. The lowest BCUT2D eigenvalue weighted by atomic mass is 9.82. The molecule has 0 atom stereocenters. The number of carbonyl (C=O) groups excluding carboxylic acids is 2. The van der Waals surface area contributed by atoms with Gasteiger partial charge >= 0.3 is 0 Å². The Morgan fingerprint density at radius 3 is 2.00 bits per heavy atom. The van der Waals surface area contributed by atoms with Crippen molar-refractivity contribution in [3.8, 4) is 0 Å². The SMILES string of the molecule is CC1=C(CCCc2ccccc2)C(=O)c2ccccc2C1=O. The fourth-order valence-electron chi connectivity index (χ4n) is 2.97. The van der Waals surface area contributed by atoms with Gasteiger partial charge in [-0.15, -0.1) is 0 Å². The van der Waals surface area contributed by atoms with Crippen molar-refractivity contribution < 1.29 is 9.59 Å². The summed E-state index contributed by atoms with van der Waals surface area (Å²) in [4.78, 5) is 25.0. The molecule has 0 amide bonds. The average molecular weight is 290 g/mol. The number of carbonyl (C=O) groups is 2. The second kappa shape index (κ2) is 6.10. The second-order valence-corrected chi connectivity index (χ2v) is 5.65. The van der Waals surface area contributed by atoms with Gasteiger partial charge in [-0.25, -0.2) is 0 Å². The zero-order valence-corrected chi connectivity index (χ0v) is 12.6. The third-order valence-electron chi connectivity index (χ3n) is 4.22. The van der Waals surface area contributed by atoms with Gasteiger partial charge < -0.3 is 0 Å². The molecule has 3 rings (SSSR count). The predicted octanol–water partition coefficient (Wildman–Crippen LogP) is 4.41. The van der Waals surface area contributed by atoms with E-state index in [0.717, 1.165) is 12.8 Å². The summed E-state index contributed by atoms with van der Waals surface area (Å²) >= 11 is 0. The Morgan fingerprint density at radius 2 is 1.32 bits per heavy atom. The fraction of sp³-hybridized carbons (Fsp3) is 0.200. The fourth-order valence-corrected chi connectivity index (χ4v) is 2.97. The Labute approximate surface area is 130 Å². The maximum atomic E-state index is 12.6. The van der Waals surface area contributed by atoms with Crippen molar-refractivity contribution in [1.29, 1.82) is 0 Å². The second-order valence-electron chi connectivity index (χ2n) is 5.65. The van der Waals surface area contributed by atoms with Crippen LogP contribution in [0.25, 0.3) is 0 Å². The van der Waals surface area contributed by atoms with E-state index in [4.69, 9.17) is 0 Å². The molecule has 1 aliphatic rings. The van der Waals surface area contributed by atoms with Gasteiger partial charge in [0.25, 0.3) is 0 Å². The zero-order valence-electron chi connectivity index (χ0n) is 12.6. The highest BCUT2D eigenvalue weighted by atomic mass is 16.1. The summed E-state index contributed by atoms with van der Waals surface area (Å²) in [5.74, 6) is 0.00525. The minimum Gasteiger partial charge on any atom is -0.289 e. The number of hydrogen-bond acceptors (Lipinski definition) is 2. The number of allylic oxidation sites excluding steroid dienone is 2. The third-order valence-corrected chi connectivity index (χ3v) is 4.22. The first kappa shape index (κ1) is 14.5. The van der Waals surface area contributed by atoms with E-state index < -0.39 is 0 Å². The van der Waals surface area contributed by atoms with Crippen LogP contribution < -0.4 is 0 Å². The maximum absolute atomic E-state index is 12.6. The van der Waals surface area contributed by atoms with Crippen molar-refractivity contribution in [2.24, 2.45) is 0 Å². The highest BCUT2D eigenvalue weighted by molar-refractivity contribution is 6.26. The first-order valence-electron chi connectivity index (χ1n) is 7.60. The topological polar surface area (TPSA) is 34.1 Å². The molecule has 22 heavy (non-hydrogen) atoms. The minimum absolute atomic E-state index is 0.00934. The zero-order chi connectivity index (χ0) is 15.5. The summed E-state index contributed by atoms with van der Waals surface area (Å²) in [7, 11) is 0. The number of fused-ring (bicyclic) bond motifs is 1. The van der Waals surface area contributed by atoms with Gasteiger partial charge in [0.05, 0.1) is 0 Å². The molecule has 2 heteroatoms. The number of ketones is 2. The first-order chi connectivity index (χ1) is 10.7. The Balaban J connectivity index is 1.77. The quantitative estimate of drug-likeness (QED) is 0.836. The summed E-state index contributed by atoms with van der Waals surface area (Å²) in [6, 6.07) is 17.3. The molecule has 0 unspecified atom stereocenters. The molecule has 0 N–H and O–H groups in total. The first-order valence-corrected chi connectivity index (χ1v) is 7.60. The molecule has 2 aromatic carbocycles. The molecule has 0 spiro atoms. The van der Waals surface area contributed by atoms with E-state index in [1.54, 1.807) is 25.1 Å². The highest BCUT2D eigenvalue weighted by Crippen LogP contribution is 2.28. The van der Waals surface area contributed by atoms with Crippen LogP contribution >= 0.6 is 0 Å². The van der Waals surface area contributed by atoms with Crippen LogP contribution in [0.1, 0.15) is 46.0 Å². The van der Waals surface area contributed by atoms with Crippen LogP contribution in [0.15, 0.2) is 65.7 Å². The molecule has 0 heterocycles. The monoisotopic (exact) mass is 290 g/mol. The van der Waals surface area contributed by atoms with E-state index in [2.05, 4.69) is 12.1 Å². The van der Waals surface area contributed by atoms with Gasteiger partial charge in [-0.1, -0.05) is 54.6 Å². The highest BCUT2D eigenvalue weighted by Gasteiger charge is 2.28. The number of hydrogen-bond donors (Lipinski definition) is 0. The molecule has 0 aliphatic heterocycles. The molecule has 0 bridgehead atoms. The largest absolute Gasteiger partial charge is 0.289 e. The van der Waals surface area contributed by atoms with Crippen LogP contribution in [-0.2, 0) is 6.42 Å². The molecule has 2 aromatic rings. The molecular weight excluding hydrogens is 272 g/mol. The summed E-state index contributed by atoms with van der Waals surface area (Å²) in [5.41, 5.74) is 3.64. The number of rotatable bonds is 4. The van der Waals surface area contributed by atoms with Crippen LogP contribution in [-0.4, -0.2) is 11.6 Å². The summed E-state index contributed by atoms with van der Waals surface area (Å²) in [6.45, 7) is 1.77. The van der Waals surface area contributed by atoms with Gasteiger partial charge in [-0.2, -0.15) is 0 Å². The molecule has 1 aliphatic carbocycles. The molecule has 0 saturated heterocycles. The minimum atomic E-state index is -0.00934. The Kier molecular flexibility index (Phi) is 4.01. The summed E-state index contributed by atoms with van der Waals surface area (Å²) in [6.07, 6.45) is 2.44. The lowest BCUT2D eigenvalue weighted by molar-refractivity contribution is 0.0971. The molecule has 110 valence electrons. The number of aryl methyl sites for hydroxylation is 1. The van der Waals surface area contributed by atoms with Crippen LogP contribution in [0, 0.1) is 0 Å². The normalized spacial score (nSPS) is 14.2. The van der Waals surface area contributed by atoms with Gasteiger partial charge in [0, 0.05) is 22.3 Å². The van der Waals surface area contributed by atoms with E-state index in [1.165, 1.54) is 5.56 Å². The van der Waals surface area contributed by atoms with Crippen LogP contribution in [0.2, 0.25) is 0 Å². The number of benzene rings is 2. The van der Waals surface area contributed by atoms with Crippen molar-refractivity contribution >= 4 is 11.6 Å². The number of Topliss-reactive ketones (excluding diaryl/α,β-unsaturated/α-hetero) is 2. The molecule has 0 saturated carbocycles. The Hall–Kier alpha value is -2.48. The van der Waals surface area contributed by atoms with Gasteiger partial charge in [0.15, 0.2) is 11.6 Å². The maximum Gasteiger partial charge on any atom is 0.190 e. The predicted molar refractivity (Wildman–Crippen MR) is 87.2 cm³/mol. The van der Waals surface area contributed by atoms with Crippen molar-refractivity contribution in [2.45, 2.75) is 26.2 Å². The van der Waals surface area contributed by atoms with Gasteiger partial charge in [-0.05, 0) is 31.7 Å². The van der Waals surface area contributed by atoms with Crippen LogP contribution in [0.4, 0.5) is 0 Å². The van der Waals surface area contributed by atoms with E-state index >= 15 is 0 Å². The van der Waals surface area contributed by atoms with Crippen molar-refractivity contribution in [1.82, 2.24) is 0 Å². The van der Waals surface area contributed by atoms with E-state index in [9.17, 15) is 9.59 Å². The standard InChI is InChI=1S/C20H18O2/c1-14-16(13-7-10-15-8-3-2-4-9-15)20(22)18-12-6-5-11-17(18)19(14)21/h2-6,8-9,11-12H,7,10,13H2,1H3. The molecule has 0 radical (unpaired) electrons. The van der Waals surface area contributed by atoms with Crippen LogP contribution in [0.3, 0.4) is 0 Å². The van der Waals surface area contributed by atoms with E-state index in [-0.39, 0.29) is 11.6 Å². The van der Waals surface area contributed by atoms with Crippen molar-refractivity contribution in [3.63, 3.8) is 0 Å². The summed E-state index contributed by atoms with van der Waals surface area (Å²) < 4.78 is 0. The van der Waals surface area contributed by atoms with Crippen LogP contribution in [0.5, 0.6) is 0 Å². The van der Waals surface area contributed by atoms with E-state index in [1.807, 2.05) is 24.3 Å².